The SMILES string of the molecule is CC(C)c1ccc2c(c1)C(N1CCN(CCCC(c3ccc(F)cc3)c3ccc(F)cc3)CC1)Cc1ccc(F)cc1S2. The molecule has 0 aliphatic carbocycles. The number of fused-ring (bicyclic) bond motifs is 2. The maximum absolute atomic E-state index is 14.2. The monoisotopic (exact) mass is 600 g/mol. The van der Waals surface area contributed by atoms with E-state index in [0.29, 0.717) is 5.92 Å². The van der Waals surface area contributed by atoms with Gasteiger partial charge >= 0.3 is 0 Å². The number of rotatable bonds is 8. The quantitative estimate of drug-likeness (QED) is 0.199. The predicted octanol–water partition coefficient (Wildman–Crippen LogP) is 9.21. The minimum atomic E-state index is -0.245. The zero-order valence-corrected chi connectivity index (χ0v) is 25.7. The van der Waals surface area contributed by atoms with Gasteiger partial charge in [0.05, 0.1) is 0 Å². The molecule has 0 spiro atoms. The van der Waals surface area contributed by atoms with Crippen molar-refractivity contribution in [2.45, 2.75) is 60.8 Å². The molecule has 0 bridgehead atoms. The molecule has 4 aromatic carbocycles. The van der Waals surface area contributed by atoms with Gasteiger partial charge < -0.3 is 4.90 Å². The second kappa shape index (κ2) is 13.3. The number of halogens is 3. The van der Waals surface area contributed by atoms with Crippen LogP contribution in [0.2, 0.25) is 0 Å². The van der Waals surface area contributed by atoms with Crippen molar-refractivity contribution in [3.05, 3.63) is 130 Å². The summed E-state index contributed by atoms with van der Waals surface area (Å²) in [6.45, 7) is 9.42. The molecule has 0 aromatic heterocycles. The Morgan fingerprint density at radius 1 is 0.698 bits per heavy atom. The van der Waals surface area contributed by atoms with E-state index in [1.165, 1.54) is 45.9 Å². The molecule has 224 valence electrons. The molecule has 6 heteroatoms. The Morgan fingerprint density at radius 3 is 1.93 bits per heavy atom. The highest BCUT2D eigenvalue weighted by Gasteiger charge is 2.30. The van der Waals surface area contributed by atoms with E-state index in [0.717, 1.165) is 68.0 Å². The van der Waals surface area contributed by atoms with E-state index >= 15 is 0 Å². The summed E-state index contributed by atoms with van der Waals surface area (Å²) in [5.41, 5.74) is 6.04. The fourth-order valence-electron chi connectivity index (χ4n) is 6.57. The third kappa shape index (κ3) is 7.03. The Balaban J connectivity index is 1.13. The molecule has 1 saturated heterocycles. The van der Waals surface area contributed by atoms with Crippen LogP contribution < -0.4 is 0 Å². The van der Waals surface area contributed by atoms with Crippen LogP contribution >= 0.6 is 11.8 Å². The molecule has 0 saturated carbocycles. The molecule has 43 heavy (non-hydrogen) atoms. The minimum absolute atomic E-state index is 0.0996. The van der Waals surface area contributed by atoms with Crippen LogP contribution in [0.1, 0.15) is 72.4 Å². The van der Waals surface area contributed by atoms with Gasteiger partial charge in [0.2, 0.25) is 0 Å². The molecule has 1 unspecified atom stereocenters. The summed E-state index contributed by atoms with van der Waals surface area (Å²) in [5, 5.41) is 0. The van der Waals surface area contributed by atoms with Gasteiger partial charge in [-0.1, -0.05) is 68.1 Å². The fraction of sp³-hybridized carbons (Fsp3) is 0.351. The molecule has 1 atom stereocenters. The first-order chi connectivity index (χ1) is 20.8. The van der Waals surface area contributed by atoms with E-state index in [1.807, 2.05) is 30.3 Å². The molecule has 0 N–H and O–H groups in total. The first-order valence-corrected chi connectivity index (χ1v) is 16.2. The Labute approximate surface area is 257 Å². The highest BCUT2D eigenvalue weighted by molar-refractivity contribution is 7.99. The van der Waals surface area contributed by atoms with Crippen LogP contribution in [0.25, 0.3) is 0 Å². The average molecular weight is 601 g/mol. The van der Waals surface area contributed by atoms with Gasteiger partial charge in [0.25, 0.3) is 0 Å². The summed E-state index contributed by atoms with van der Waals surface area (Å²) in [7, 11) is 0. The maximum atomic E-state index is 14.2. The molecule has 6 rings (SSSR count). The van der Waals surface area contributed by atoms with Crippen molar-refractivity contribution in [2.24, 2.45) is 0 Å². The summed E-state index contributed by atoms with van der Waals surface area (Å²) < 4.78 is 41.5. The van der Waals surface area contributed by atoms with Crippen LogP contribution in [-0.4, -0.2) is 42.5 Å². The van der Waals surface area contributed by atoms with Crippen LogP contribution in [-0.2, 0) is 6.42 Å². The Hall–Kier alpha value is -3.06. The standard InChI is InChI=1S/C37H39F3N2S/c1-25(2)28-10-16-36-34(22-28)35(23-29-9-15-32(40)24-37(29)43-36)42-20-18-41(19-21-42)17-3-4-33(26-5-11-30(38)12-6-26)27-7-13-31(39)14-8-27/h5-16,22,24-25,33,35H,3-4,17-21,23H2,1-2H3. The minimum Gasteiger partial charge on any atom is -0.301 e. The van der Waals surface area contributed by atoms with E-state index in [2.05, 4.69) is 41.8 Å². The van der Waals surface area contributed by atoms with Crippen molar-refractivity contribution >= 4 is 11.8 Å². The van der Waals surface area contributed by atoms with Crippen molar-refractivity contribution in [3.63, 3.8) is 0 Å². The van der Waals surface area contributed by atoms with Gasteiger partial charge in [-0.3, -0.25) is 4.90 Å². The van der Waals surface area contributed by atoms with Gasteiger partial charge in [-0.2, -0.15) is 0 Å². The lowest BCUT2D eigenvalue weighted by atomic mass is 9.87. The van der Waals surface area contributed by atoms with Crippen molar-refractivity contribution in [2.75, 3.05) is 32.7 Å². The first-order valence-electron chi connectivity index (χ1n) is 15.4. The molecule has 2 nitrogen and oxygen atoms in total. The molecular formula is C37H39F3N2S. The van der Waals surface area contributed by atoms with Crippen LogP contribution in [0, 0.1) is 17.5 Å². The highest BCUT2D eigenvalue weighted by atomic mass is 32.2. The lowest BCUT2D eigenvalue weighted by Gasteiger charge is -2.40. The van der Waals surface area contributed by atoms with Gasteiger partial charge in [-0.25, -0.2) is 13.2 Å². The molecule has 1 fully saturated rings. The smallest absolute Gasteiger partial charge is 0.124 e. The van der Waals surface area contributed by atoms with Crippen LogP contribution in [0.15, 0.2) is 94.7 Å². The summed E-state index contributed by atoms with van der Waals surface area (Å²) >= 11 is 1.70. The zero-order valence-electron chi connectivity index (χ0n) is 24.9. The van der Waals surface area contributed by atoms with E-state index in [1.54, 1.807) is 23.9 Å². The van der Waals surface area contributed by atoms with E-state index in [4.69, 9.17) is 0 Å². The molecule has 2 aliphatic heterocycles. The number of hydrogen-bond acceptors (Lipinski definition) is 3. The first kappa shape index (κ1) is 30.0. The fourth-order valence-corrected chi connectivity index (χ4v) is 7.71. The normalized spacial score (nSPS) is 17.6. The summed E-state index contributed by atoms with van der Waals surface area (Å²) in [6, 6.07) is 25.8. The number of benzene rings is 4. The Morgan fingerprint density at radius 2 is 1.30 bits per heavy atom. The van der Waals surface area contributed by atoms with E-state index in [9.17, 15) is 13.2 Å². The van der Waals surface area contributed by atoms with Gasteiger partial charge in [-0.15, -0.1) is 0 Å². The maximum Gasteiger partial charge on any atom is 0.124 e. The van der Waals surface area contributed by atoms with Gasteiger partial charge in [-0.05, 0) is 102 Å². The van der Waals surface area contributed by atoms with E-state index < -0.39 is 0 Å². The molecule has 2 aliphatic rings. The van der Waals surface area contributed by atoms with Gasteiger partial charge in [0, 0.05) is 47.9 Å². The highest BCUT2D eigenvalue weighted by Crippen LogP contribution is 2.44. The molecule has 0 radical (unpaired) electrons. The summed E-state index contributed by atoms with van der Waals surface area (Å²) in [6.07, 6.45) is 2.79. The molecular weight excluding hydrogens is 561 g/mol. The average Bonchev–Trinajstić information content (AvgIpc) is 3.17. The Bertz CT molecular complexity index is 1480. The number of piperazine rings is 1. The number of nitrogens with zero attached hydrogens (tertiary/aromatic N) is 2. The predicted molar refractivity (Wildman–Crippen MR) is 169 cm³/mol. The van der Waals surface area contributed by atoms with Crippen molar-refractivity contribution in [3.8, 4) is 0 Å². The molecule has 2 heterocycles. The van der Waals surface area contributed by atoms with E-state index in [-0.39, 0.29) is 29.4 Å². The topological polar surface area (TPSA) is 6.48 Å². The van der Waals surface area contributed by atoms with Crippen LogP contribution in [0.5, 0.6) is 0 Å². The zero-order chi connectivity index (χ0) is 29.9. The largest absolute Gasteiger partial charge is 0.301 e. The lowest BCUT2D eigenvalue weighted by Crippen LogP contribution is -2.48. The third-order valence-electron chi connectivity index (χ3n) is 9.08. The number of hydrogen-bond donors (Lipinski definition) is 0. The van der Waals surface area contributed by atoms with Crippen LogP contribution in [0.4, 0.5) is 13.2 Å². The van der Waals surface area contributed by atoms with Crippen LogP contribution in [0.3, 0.4) is 0 Å². The third-order valence-corrected chi connectivity index (χ3v) is 10.3. The van der Waals surface area contributed by atoms with Crippen molar-refractivity contribution in [1.29, 1.82) is 0 Å². The Kier molecular flexibility index (Phi) is 9.27. The molecule has 4 aromatic rings. The van der Waals surface area contributed by atoms with Crippen molar-refractivity contribution < 1.29 is 13.2 Å². The molecule has 0 amide bonds. The summed E-state index contributed by atoms with van der Waals surface area (Å²) in [4.78, 5) is 7.42. The second-order valence-corrected chi connectivity index (χ2v) is 13.3. The van der Waals surface area contributed by atoms with Gasteiger partial charge in [0.15, 0.2) is 0 Å². The van der Waals surface area contributed by atoms with Gasteiger partial charge in [0.1, 0.15) is 17.5 Å². The lowest BCUT2D eigenvalue weighted by molar-refractivity contribution is 0.0931. The summed E-state index contributed by atoms with van der Waals surface area (Å²) in [5.74, 6) is -0.122. The van der Waals surface area contributed by atoms with Crippen molar-refractivity contribution in [1.82, 2.24) is 9.80 Å². The second-order valence-electron chi connectivity index (χ2n) is 12.2.